The number of nitrogens with zero attached hydrogens (tertiary/aromatic N) is 1. The lowest BCUT2D eigenvalue weighted by atomic mass is 10.2. The molecular formula is C19H20N2O4. The van der Waals surface area contributed by atoms with Gasteiger partial charge in [-0.1, -0.05) is 12.1 Å². The highest BCUT2D eigenvalue weighted by atomic mass is 16.5. The van der Waals surface area contributed by atoms with Gasteiger partial charge >= 0.3 is 5.97 Å². The Labute approximate surface area is 146 Å². The number of rotatable bonds is 5. The zero-order valence-electron chi connectivity index (χ0n) is 14.4. The number of hydrogen-bond acceptors (Lipinski definition) is 4. The lowest BCUT2D eigenvalue weighted by molar-refractivity contribution is -0.121. The van der Waals surface area contributed by atoms with Crippen LogP contribution in [0.15, 0.2) is 48.5 Å². The van der Waals surface area contributed by atoms with Crippen LogP contribution in [0, 0.1) is 6.92 Å². The van der Waals surface area contributed by atoms with Crippen LogP contribution in [0.2, 0.25) is 0 Å². The first-order valence-electron chi connectivity index (χ1n) is 7.75. The van der Waals surface area contributed by atoms with Gasteiger partial charge in [0.15, 0.2) is 6.61 Å². The zero-order valence-corrected chi connectivity index (χ0v) is 14.4. The molecule has 0 aliphatic rings. The minimum atomic E-state index is -0.597. The molecule has 0 heterocycles. The largest absolute Gasteiger partial charge is 0.452 e. The number of aryl methyl sites for hydroxylation is 1. The van der Waals surface area contributed by atoms with Gasteiger partial charge in [-0.25, -0.2) is 4.79 Å². The molecule has 130 valence electrons. The quantitative estimate of drug-likeness (QED) is 0.849. The molecule has 1 N–H and O–H groups in total. The number of nitrogens with one attached hydrogen (secondary N) is 1. The predicted molar refractivity (Wildman–Crippen MR) is 95.6 cm³/mol. The van der Waals surface area contributed by atoms with E-state index in [1.54, 1.807) is 19.2 Å². The third-order valence-electron chi connectivity index (χ3n) is 3.53. The Balaban J connectivity index is 1.92. The Hall–Kier alpha value is -3.15. The first-order chi connectivity index (χ1) is 11.9. The second-order valence-electron chi connectivity index (χ2n) is 5.63. The Bertz CT molecular complexity index is 784. The van der Waals surface area contributed by atoms with Gasteiger partial charge in [-0.3, -0.25) is 9.59 Å². The van der Waals surface area contributed by atoms with Crippen molar-refractivity contribution in [1.82, 2.24) is 0 Å². The molecule has 0 bridgehead atoms. The van der Waals surface area contributed by atoms with Gasteiger partial charge in [-0.2, -0.15) is 0 Å². The molecule has 0 fully saturated rings. The summed E-state index contributed by atoms with van der Waals surface area (Å²) in [5.41, 5.74) is 2.66. The highest BCUT2D eigenvalue weighted by Gasteiger charge is 2.15. The first kappa shape index (κ1) is 18.2. The van der Waals surface area contributed by atoms with Crippen LogP contribution < -0.4 is 10.2 Å². The lowest BCUT2D eigenvalue weighted by Crippen LogP contribution is -2.31. The molecule has 0 saturated heterocycles. The lowest BCUT2D eigenvalue weighted by Gasteiger charge is -2.17. The topological polar surface area (TPSA) is 75.7 Å². The minimum Gasteiger partial charge on any atom is -0.452 e. The second-order valence-corrected chi connectivity index (χ2v) is 5.63. The molecule has 0 spiro atoms. The predicted octanol–water partition coefficient (Wildman–Crippen LogP) is 2.77. The highest BCUT2D eigenvalue weighted by Crippen LogP contribution is 2.15. The molecule has 0 atom stereocenters. The Kier molecular flexibility index (Phi) is 5.89. The maximum absolute atomic E-state index is 12.2. The number of ether oxygens (including phenoxy) is 1. The summed E-state index contributed by atoms with van der Waals surface area (Å²) in [7, 11) is 1.63. The molecule has 2 aromatic carbocycles. The highest BCUT2D eigenvalue weighted by molar-refractivity contribution is 5.97. The number of likely N-dealkylation sites (N-methyl/N-ethyl adjacent to an activating group) is 1. The summed E-state index contributed by atoms with van der Waals surface area (Å²) in [6.45, 7) is 2.99. The fraction of sp³-hybridized carbons (Fsp3) is 0.211. The SMILES string of the molecule is CC(=O)Nc1ccc(C(=O)OCC(=O)N(C)c2cccc(C)c2)cc1. The molecular weight excluding hydrogens is 320 g/mol. The van der Waals surface area contributed by atoms with Gasteiger partial charge in [0.25, 0.3) is 5.91 Å². The fourth-order valence-corrected chi connectivity index (χ4v) is 2.18. The van der Waals surface area contributed by atoms with Crippen molar-refractivity contribution in [3.8, 4) is 0 Å². The van der Waals surface area contributed by atoms with Crippen LogP contribution in [0.5, 0.6) is 0 Å². The van der Waals surface area contributed by atoms with E-state index in [2.05, 4.69) is 5.32 Å². The van der Waals surface area contributed by atoms with Gasteiger partial charge in [0, 0.05) is 25.3 Å². The summed E-state index contributed by atoms with van der Waals surface area (Å²) < 4.78 is 5.07. The molecule has 0 saturated carbocycles. The average molecular weight is 340 g/mol. The Morgan fingerprint density at radius 3 is 2.36 bits per heavy atom. The van der Waals surface area contributed by atoms with E-state index in [0.29, 0.717) is 11.3 Å². The van der Waals surface area contributed by atoms with Gasteiger partial charge in [-0.05, 0) is 48.9 Å². The molecule has 0 aliphatic heterocycles. The van der Waals surface area contributed by atoms with E-state index in [1.165, 1.54) is 24.0 Å². The summed E-state index contributed by atoms with van der Waals surface area (Å²) in [6, 6.07) is 13.7. The van der Waals surface area contributed by atoms with Gasteiger partial charge in [0.1, 0.15) is 0 Å². The molecule has 2 aromatic rings. The van der Waals surface area contributed by atoms with Crippen LogP contribution in [0.3, 0.4) is 0 Å². The van der Waals surface area contributed by atoms with Crippen LogP contribution in [0.25, 0.3) is 0 Å². The summed E-state index contributed by atoms with van der Waals surface area (Å²) in [5.74, 6) is -1.12. The van der Waals surface area contributed by atoms with Crippen molar-refractivity contribution >= 4 is 29.2 Å². The van der Waals surface area contributed by atoms with E-state index in [1.807, 2.05) is 31.2 Å². The third kappa shape index (κ3) is 5.17. The number of esters is 1. The minimum absolute atomic E-state index is 0.194. The van der Waals surface area contributed by atoms with Crippen molar-refractivity contribution in [3.05, 3.63) is 59.7 Å². The standard InChI is InChI=1S/C19H20N2O4/c1-13-5-4-6-17(11-13)21(3)18(23)12-25-19(24)15-7-9-16(10-8-15)20-14(2)22/h4-11H,12H2,1-3H3,(H,20,22). The number of hydrogen-bond donors (Lipinski definition) is 1. The van der Waals surface area contributed by atoms with E-state index in [0.717, 1.165) is 11.3 Å². The Morgan fingerprint density at radius 1 is 1.08 bits per heavy atom. The molecule has 0 aliphatic carbocycles. The van der Waals surface area contributed by atoms with E-state index in [-0.39, 0.29) is 18.4 Å². The van der Waals surface area contributed by atoms with Gasteiger partial charge in [0.05, 0.1) is 5.56 Å². The number of anilines is 2. The fourth-order valence-electron chi connectivity index (χ4n) is 2.18. The average Bonchev–Trinajstić information content (AvgIpc) is 2.58. The molecule has 2 rings (SSSR count). The number of benzene rings is 2. The van der Waals surface area contributed by atoms with Crippen molar-refractivity contribution in [2.75, 3.05) is 23.9 Å². The van der Waals surface area contributed by atoms with Crippen molar-refractivity contribution in [2.45, 2.75) is 13.8 Å². The molecule has 6 heteroatoms. The summed E-state index contributed by atoms with van der Waals surface area (Å²) in [5, 5.41) is 2.61. The monoisotopic (exact) mass is 340 g/mol. The first-order valence-corrected chi connectivity index (χ1v) is 7.75. The maximum atomic E-state index is 12.2. The number of carbonyl (C=O) groups excluding carboxylic acids is 3. The van der Waals surface area contributed by atoms with E-state index < -0.39 is 5.97 Å². The van der Waals surface area contributed by atoms with Crippen LogP contribution in [0.1, 0.15) is 22.8 Å². The van der Waals surface area contributed by atoms with Gasteiger partial charge < -0.3 is 15.0 Å². The van der Waals surface area contributed by atoms with Crippen LogP contribution >= 0.6 is 0 Å². The molecule has 25 heavy (non-hydrogen) atoms. The smallest absolute Gasteiger partial charge is 0.338 e. The molecule has 0 aromatic heterocycles. The van der Waals surface area contributed by atoms with Crippen molar-refractivity contribution in [2.24, 2.45) is 0 Å². The van der Waals surface area contributed by atoms with Crippen molar-refractivity contribution < 1.29 is 19.1 Å². The van der Waals surface area contributed by atoms with Crippen LogP contribution in [0.4, 0.5) is 11.4 Å². The van der Waals surface area contributed by atoms with Crippen LogP contribution in [-0.2, 0) is 14.3 Å². The molecule has 6 nitrogen and oxygen atoms in total. The summed E-state index contributed by atoms with van der Waals surface area (Å²) in [4.78, 5) is 36.6. The summed E-state index contributed by atoms with van der Waals surface area (Å²) in [6.07, 6.45) is 0. The van der Waals surface area contributed by atoms with E-state index in [4.69, 9.17) is 4.74 Å². The second kappa shape index (κ2) is 8.10. The number of carbonyl (C=O) groups is 3. The Morgan fingerprint density at radius 2 is 1.76 bits per heavy atom. The van der Waals surface area contributed by atoms with Gasteiger partial charge in [-0.15, -0.1) is 0 Å². The zero-order chi connectivity index (χ0) is 18.4. The van der Waals surface area contributed by atoms with E-state index >= 15 is 0 Å². The van der Waals surface area contributed by atoms with Crippen molar-refractivity contribution in [1.29, 1.82) is 0 Å². The maximum Gasteiger partial charge on any atom is 0.338 e. The molecule has 0 unspecified atom stereocenters. The molecule has 0 radical (unpaired) electrons. The number of amides is 2. The van der Waals surface area contributed by atoms with E-state index in [9.17, 15) is 14.4 Å². The third-order valence-corrected chi connectivity index (χ3v) is 3.53. The van der Waals surface area contributed by atoms with Crippen molar-refractivity contribution in [3.63, 3.8) is 0 Å². The van der Waals surface area contributed by atoms with Gasteiger partial charge in [0.2, 0.25) is 5.91 Å². The molecule has 2 amide bonds. The van der Waals surface area contributed by atoms with Crippen LogP contribution in [-0.4, -0.2) is 31.4 Å². The summed E-state index contributed by atoms with van der Waals surface area (Å²) >= 11 is 0. The normalized spacial score (nSPS) is 10.0.